The molecule has 0 amide bonds. The number of H-pyrrole nitrogens is 1. The van der Waals surface area contributed by atoms with E-state index in [0.29, 0.717) is 11.7 Å². The average Bonchev–Trinajstić information content (AvgIpc) is 3.71. The Morgan fingerprint density at radius 3 is 2.58 bits per heavy atom. The Morgan fingerprint density at radius 2 is 1.71 bits per heavy atom. The summed E-state index contributed by atoms with van der Waals surface area (Å²) in [4.78, 5) is 25.1. The van der Waals surface area contributed by atoms with Crippen LogP contribution in [0, 0.1) is 0 Å². The van der Waals surface area contributed by atoms with Crippen molar-refractivity contribution in [2.24, 2.45) is 0 Å². The second-order valence-corrected chi connectivity index (χ2v) is 10.8. The number of rotatable bonds is 7. The fourth-order valence-corrected chi connectivity index (χ4v) is 5.80. The van der Waals surface area contributed by atoms with Gasteiger partial charge in [-0.3, -0.25) is 4.40 Å². The van der Waals surface area contributed by atoms with E-state index >= 15 is 0 Å². The number of anilines is 3. The van der Waals surface area contributed by atoms with Gasteiger partial charge in [0.15, 0.2) is 0 Å². The molecule has 10 heteroatoms. The quantitative estimate of drug-likeness (QED) is 0.213. The Hall–Kier alpha value is -5.74. The summed E-state index contributed by atoms with van der Waals surface area (Å²) in [5.74, 6) is 2.00. The number of fused-ring (bicyclic) bond motifs is 2. The standard InChI is InChI=1S/C35H30N8O2/c1-44-30-22-25(42-17-19-45-20-18-42)11-13-27(30)39-35-36-15-14-28(40-35)33-32(41-31-9-5-6-16-43(31)33)24-10-12-26-29(21-24)38-34(37-26)23-7-3-2-4-8-23/h2-16,21-22H,17-20H2,1H3,(H,37,38)(H,36,39,40). The second kappa shape index (κ2) is 11.4. The number of ether oxygens (including phenoxy) is 2. The minimum Gasteiger partial charge on any atom is -0.494 e. The number of nitrogens with zero attached hydrogens (tertiary/aromatic N) is 6. The fraction of sp³-hybridized carbons (Fsp3) is 0.143. The molecule has 1 aliphatic heterocycles. The highest BCUT2D eigenvalue weighted by Gasteiger charge is 2.20. The van der Waals surface area contributed by atoms with Gasteiger partial charge in [0.2, 0.25) is 5.95 Å². The molecule has 0 aliphatic carbocycles. The molecule has 4 aromatic heterocycles. The van der Waals surface area contributed by atoms with Crippen molar-refractivity contribution in [1.82, 2.24) is 29.3 Å². The second-order valence-electron chi connectivity index (χ2n) is 10.8. The molecule has 45 heavy (non-hydrogen) atoms. The number of aromatic amines is 1. The third kappa shape index (κ3) is 5.11. The van der Waals surface area contributed by atoms with Crippen LogP contribution < -0.4 is 15.0 Å². The van der Waals surface area contributed by atoms with Crippen molar-refractivity contribution in [3.05, 3.63) is 103 Å². The molecule has 2 N–H and O–H groups in total. The first-order chi connectivity index (χ1) is 22.2. The summed E-state index contributed by atoms with van der Waals surface area (Å²) in [7, 11) is 1.67. The Kier molecular flexibility index (Phi) is 6.80. The molecule has 5 heterocycles. The van der Waals surface area contributed by atoms with Crippen LogP contribution in [0.25, 0.3) is 50.7 Å². The first-order valence-corrected chi connectivity index (χ1v) is 14.9. The average molecular weight is 595 g/mol. The molecule has 0 saturated carbocycles. The Bertz CT molecular complexity index is 2130. The SMILES string of the molecule is COc1cc(N2CCOCC2)ccc1Nc1nccc(-c2c(-c3ccc4nc(-c5ccccc5)[nH]c4c3)nc3ccccn23)n1. The summed E-state index contributed by atoms with van der Waals surface area (Å²) in [6, 6.07) is 30.3. The molecule has 1 aliphatic rings. The topological polar surface area (TPSA) is 105 Å². The Labute approximate surface area is 259 Å². The predicted molar refractivity (Wildman–Crippen MR) is 176 cm³/mol. The van der Waals surface area contributed by atoms with Crippen molar-refractivity contribution in [3.63, 3.8) is 0 Å². The van der Waals surface area contributed by atoms with E-state index in [-0.39, 0.29) is 0 Å². The minimum atomic E-state index is 0.457. The molecular formula is C35H30N8O2. The van der Waals surface area contributed by atoms with Crippen LogP contribution in [-0.2, 0) is 4.74 Å². The number of benzene rings is 3. The van der Waals surface area contributed by atoms with Crippen LogP contribution in [0.1, 0.15) is 0 Å². The van der Waals surface area contributed by atoms with Gasteiger partial charge in [-0.15, -0.1) is 0 Å². The van der Waals surface area contributed by atoms with Crippen molar-refractivity contribution >= 4 is 34.0 Å². The maximum Gasteiger partial charge on any atom is 0.227 e. The van der Waals surface area contributed by atoms with E-state index < -0.39 is 0 Å². The molecule has 8 rings (SSSR count). The maximum absolute atomic E-state index is 5.75. The monoisotopic (exact) mass is 594 g/mol. The van der Waals surface area contributed by atoms with Gasteiger partial charge in [-0.1, -0.05) is 42.5 Å². The number of imidazole rings is 2. The zero-order valence-corrected chi connectivity index (χ0v) is 24.6. The largest absolute Gasteiger partial charge is 0.494 e. The van der Waals surface area contributed by atoms with E-state index in [1.807, 2.05) is 79.0 Å². The molecular weight excluding hydrogens is 564 g/mol. The molecule has 222 valence electrons. The number of hydrogen-bond donors (Lipinski definition) is 2. The number of pyridine rings is 1. The molecule has 0 unspecified atom stereocenters. The highest BCUT2D eigenvalue weighted by atomic mass is 16.5. The van der Waals surface area contributed by atoms with Crippen LogP contribution >= 0.6 is 0 Å². The molecule has 7 aromatic rings. The number of methoxy groups -OCH3 is 1. The molecule has 0 atom stereocenters. The fourth-order valence-electron chi connectivity index (χ4n) is 5.80. The third-order valence-corrected chi connectivity index (χ3v) is 8.04. The smallest absolute Gasteiger partial charge is 0.227 e. The van der Waals surface area contributed by atoms with Gasteiger partial charge < -0.3 is 24.7 Å². The van der Waals surface area contributed by atoms with Crippen molar-refractivity contribution in [2.75, 3.05) is 43.6 Å². The van der Waals surface area contributed by atoms with Crippen LogP contribution in [0.3, 0.4) is 0 Å². The van der Waals surface area contributed by atoms with Gasteiger partial charge in [0.05, 0.1) is 54.1 Å². The van der Waals surface area contributed by atoms with Crippen molar-refractivity contribution < 1.29 is 9.47 Å². The molecule has 1 fully saturated rings. The lowest BCUT2D eigenvalue weighted by Crippen LogP contribution is -2.36. The zero-order chi connectivity index (χ0) is 30.2. The van der Waals surface area contributed by atoms with Crippen molar-refractivity contribution in [1.29, 1.82) is 0 Å². The number of morpholine rings is 1. The Morgan fingerprint density at radius 1 is 0.844 bits per heavy atom. The van der Waals surface area contributed by atoms with Gasteiger partial charge in [0, 0.05) is 48.4 Å². The molecule has 10 nitrogen and oxygen atoms in total. The minimum absolute atomic E-state index is 0.457. The van der Waals surface area contributed by atoms with Gasteiger partial charge in [-0.25, -0.2) is 19.9 Å². The van der Waals surface area contributed by atoms with E-state index in [0.717, 1.165) is 88.4 Å². The summed E-state index contributed by atoms with van der Waals surface area (Å²) < 4.78 is 13.3. The van der Waals surface area contributed by atoms with Gasteiger partial charge in [0.1, 0.15) is 17.2 Å². The normalized spacial score (nSPS) is 13.4. The van der Waals surface area contributed by atoms with E-state index in [2.05, 4.69) is 42.8 Å². The van der Waals surface area contributed by atoms with Crippen LogP contribution in [-0.4, -0.2) is 62.7 Å². The van der Waals surface area contributed by atoms with Gasteiger partial charge in [-0.05, 0) is 42.5 Å². The van der Waals surface area contributed by atoms with Crippen LogP contribution in [0.5, 0.6) is 5.75 Å². The molecule has 3 aromatic carbocycles. The van der Waals surface area contributed by atoms with Crippen LogP contribution in [0.15, 0.2) is 103 Å². The summed E-state index contributed by atoms with van der Waals surface area (Å²) in [6.07, 6.45) is 3.77. The van der Waals surface area contributed by atoms with Crippen molar-refractivity contribution in [2.45, 2.75) is 0 Å². The first kappa shape index (κ1) is 26.9. The number of aromatic nitrogens is 6. The third-order valence-electron chi connectivity index (χ3n) is 8.04. The Balaban J connectivity index is 1.16. The van der Waals surface area contributed by atoms with Crippen molar-refractivity contribution in [3.8, 4) is 39.8 Å². The lowest BCUT2D eigenvalue weighted by atomic mass is 10.1. The predicted octanol–water partition coefficient (Wildman–Crippen LogP) is 6.59. The molecule has 0 radical (unpaired) electrons. The lowest BCUT2D eigenvalue weighted by Gasteiger charge is -2.29. The highest BCUT2D eigenvalue weighted by molar-refractivity contribution is 5.88. The summed E-state index contributed by atoms with van der Waals surface area (Å²) in [6.45, 7) is 3.14. The molecule has 0 spiro atoms. The summed E-state index contributed by atoms with van der Waals surface area (Å²) in [5, 5.41) is 3.37. The molecule has 1 saturated heterocycles. The van der Waals surface area contributed by atoms with Crippen LogP contribution in [0.4, 0.5) is 17.3 Å². The molecule has 0 bridgehead atoms. The van der Waals surface area contributed by atoms with Gasteiger partial charge >= 0.3 is 0 Å². The van der Waals surface area contributed by atoms with E-state index in [1.165, 1.54) is 0 Å². The summed E-state index contributed by atoms with van der Waals surface area (Å²) in [5.41, 5.74) is 8.95. The maximum atomic E-state index is 5.75. The lowest BCUT2D eigenvalue weighted by molar-refractivity contribution is 0.122. The van der Waals surface area contributed by atoms with Gasteiger partial charge in [0.25, 0.3) is 0 Å². The summed E-state index contributed by atoms with van der Waals surface area (Å²) >= 11 is 0. The first-order valence-electron chi connectivity index (χ1n) is 14.9. The van der Waals surface area contributed by atoms with E-state index in [9.17, 15) is 0 Å². The number of hydrogen-bond acceptors (Lipinski definition) is 8. The van der Waals surface area contributed by atoms with E-state index in [4.69, 9.17) is 24.4 Å². The van der Waals surface area contributed by atoms with E-state index in [1.54, 1.807) is 13.3 Å². The highest BCUT2D eigenvalue weighted by Crippen LogP contribution is 2.35. The van der Waals surface area contributed by atoms with Crippen LogP contribution in [0.2, 0.25) is 0 Å². The number of nitrogens with one attached hydrogen (secondary N) is 2. The zero-order valence-electron chi connectivity index (χ0n) is 24.6. The van der Waals surface area contributed by atoms with Gasteiger partial charge in [-0.2, -0.15) is 0 Å².